The van der Waals surface area contributed by atoms with E-state index in [1.54, 1.807) is 11.3 Å². The van der Waals surface area contributed by atoms with E-state index in [9.17, 15) is 4.79 Å². The Labute approximate surface area is 180 Å². The van der Waals surface area contributed by atoms with Gasteiger partial charge in [-0.05, 0) is 40.8 Å². The Kier molecular flexibility index (Phi) is 4.89. The number of rotatable bonds is 4. The number of nitrogen functional groups attached to an aromatic ring is 1. The first kappa shape index (κ1) is 19.0. The molecule has 1 aromatic heterocycles. The van der Waals surface area contributed by atoms with Gasteiger partial charge in [-0.3, -0.25) is 9.69 Å². The molecule has 0 spiro atoms. The van der Waals surface area contributed by atoms with E-state index in [0.717, 1.165) is 53.5 Å². The van der Waals surface area contributed by atoms with Gasteiger partial charge in [0.2, 0.25) is 0 Å². The van der Waals surface area contributed by atoms with Gasteiger partial charge in [-0.1, -0.05) is 66.7 Å². The Morgan fingerprint density at radius 1 is 1.00 bits per heavy atom. The molecule has 2 heterocycles. The molecule has 2 N–H and O–H groups in total. The summed E-state index contributed by atoms with van der Waals surface area (Å²) >= 11 is 1.58. The standard InChI is InChI=1S/C26H24N2OS/c1-17-11-12-21(20-10-6-5-9-19(17)20)25(29)24-22-13-14-28(16-23(22)30-26(24)27)15-18-7-3-2-4-8-18/h2-12H,13-16,27H2,1H3. The average molecular weight is 413 g/mol. The summed E-state index contributed by atoms with van der Waals surface area (Å²) in [6.45, 7) is 4.79. The predicted octanol–water partition coefficient (Wildman–Crippen LogP) is 5.58. The summed E-state index contributed by atoms with van der Waals surface area (Å²) in [5.74, 6) is 0.0534. The largest absolute Gasteiger partial charge is 0.390 e. The van der Waals surface area contributed by atoms with Crippen LogP contribution < -0.4 is 5.73 Å². The van der Waals surface area contributed by atoms with Crippen LogP contribution in [0.1, 0.15) is 37.5 Å². The smallest absolute Gasteiger partial charge is 0.196 e. The Balaban J connectivity index is 1.48. The van der Waals surface area contributed by atoms with Gasteiger partial charge in [-0.25, -0.2) is 0 Å². The molecule has 1 aliphatic rings. The van der Waals surface area contributed by atoms with Crippen molar-refractivity contribution in [1.82, 2.24) is 4.90 Å². The molecule has 0 radical (unpaired) electrons. The number of hydrogen-bond acceptors (Lipinski definition) is 4. The number of ketones is 1. The van der Waals surface area contributed by atoms with E-state index in [1.807, 2.05) is 36.4 Å². The van der Waals surface area contributed by atoms with Crippen molar-refractivity contribution in [3.05, 3.63) is 99.4 Å². The van der Waals surface area contributed by atoms with Crippen LogP contribution in [0.15, 0.2) is 66.7 Å². The van der Waals surface area contributed by atoms with Crippen molar-refractivity contribution in [2.24, 2.45) is 0 Å². The SMILES string of the molecule is Cc1ccc(C(=O)c2c(N)sc3c2CCN(Cc2ccccc2)C3)c2ccccc12. The first-order valence-electron chi connectivity index (χ1n) is 10.3. The van der Waals surface area contributed by atoms with Gasteiger partial charge in [0.05, 0.1) is 10.6 Å². The predicted molar refractivity (Wildman–Crippen MR) is 125 cm³/mol. The van der Waals surface area contributed by atoms with Crippen molar-refractivity contribution in [2.75, 3.05) is 12.3 Å². The second kappa shape index (κ2) is 7.71. The zero-order chi connectivity index (χ0) is 20.7. The molecular formula is C26H24N2OS. The third-order valence-corrected chi connectivity index (χ3v) is 7.07. The lowest BCUT2D eigenvalue weighted by atomic mass is 9.92. The minimum absolute atomic E-state index is 0.0534. The highest BCUT2D eigenvalue weighted by molar-refractivity contribution is 7.16. The Morgan fingerprint density at radius 2 is 1.73 bits per heavy atom. The number of anilines is 1. The highest BCUT2D eigenvalue weighted by Gasteiger charge is 2.28. The molecule has 0 aliphatic carbocycles. The molecule has 0 unspecified atom stereocenters. The maximum Gasteiger partial charge on any atom is 0.196 e. The maximum absolute atomic E-state index is 13.6. The summed E-state index contributed by atoms with van der Waals surface area (Å²) < 4.78 is 0. The van der Waals surface area contributed by atoms with Crippen LogP contribution in [0.5, 0.6) is 0 Å². The molecule has 0 saturated carbocycles. The van der Waals surface area contributed by atoms with E-state index in [4.69, 9.17) is 5.73 Å². The molecule has 5 rings (SSSR count). The molecule has 4 heteroatoms. The van der Waals surface area contributed by atoms with Gasteiger partial charge in [-0.2, -0.15) is 0 Å². The molecule has 0 atom stereocenters. The third kappa shape index (κ3) is 3.32. The lowest BCUT2D eigenvalue weighted by Gasteiger charge is -2.27. The monoisotopic (exact) mass is 412 g/mol. The number of nitrogens with zero attached hydrogens (tertiary/aromatic N) is 1. The molecule has 0 amide bonds. The number of fused-ring (bicyclic) bond motifs is 2. The molecule has 3 nitrogen and oxygen atoms in total. The number of nitrogens with two attached hydrogens (primary N) is 1. The Bertz CT molecular complexity index is 1240. The molecule has 150 valence electrons. The fourth-order valence-corrected chi connectivity index (χ4v) is 5.64. The molecule has 0 fully saturated rings. The molecule has 4 aromatic rings. The van der Waals surface area contributed by atoms with Crippen LogP contribution in [0.25, 0.3) is 10.8 Å². The first-order valence-corrected chi connectivity index (χ1v) is 11.1. The second-order valence-corrected chi connectivity index (χ2v) is 9.13. The number of carbonyl (C=O) groups is 1. The summed E-state index contributed by atoms with van der Waals surface area (Å²) in [6, 6.07) is 22.6. The number of benzene rings is 3. The van der Waals surface area contributed by atoms with E-state index in [0.29, 0.717) is 5.00 Å². The van der Waals surface area contributed by atoms with E-state index in [2.05, 4.69) is 42.2 Å². The Morgan fingerprint density at radius 3 is 2.53 bits per heavy atom. The van der Waals surface area contributed by atoms with Gasteiger partial charge in [-0.15, -0.1) is 11.3 Å². The van der Waals surface area contributed by atoms with Crippen LogP contribution in [-0.2, 0) is 19.5 Å². The van der Waals surface area contributed by atoms with E-state index in [-0.39, 0.29) is 5.78 Å². The van der Waals surface area contributed by atoms with Crippen molar-refractivity contribution >= 4 is 32.9 Å². The van der Waals surface area contributed by atoms with Gasteiger partial charge in [0.15, 0.2) is 5.78 Å². The summed E-state index contributed by atoms with van der Waals surface area (Å²) in [7, 11) is 0. The van der Waals surface area contributed by atoms with Crippen molar-refractivity contribution in [1.29, 1.82) is 0 Å². The van der Waals surface area contributed by atoms with Crippen LogP contribution in [0.2, 0.25) is 0 Å². The molecule has 0 saturated heterocycles. The minimum atomic E-state index is 0.0534. The van der Waals surface area contributed by atoms with Crippen molar-refractivity contribution < 1.29 is 4.79 Å². The lowest BCUT2D eigenvalue weighted by Crippen LogP contribution is -2.29. The lowest BCUT2D eigenvalue weighted by molar-refractivity contribution is 0.103. The molecule has 30 heavy (non-hydrogen) atoms. The van der Waals surface area contributed by atoms with Crippen LogP contribution in [-0.4, -0.2) is 17.2 Å². The van der Waals surface area contributed by atoms with Crippen LogP contribution in [0.3, 0.4) is 0 Å². The third-order valence-electron chi connectivity index (χ3n) is 6.03. The van der Waals surface area contributed by atoms with Gasteiger partial charge < -0.3 is 5.73 Å². The van der Waals surface area contributed by atoms with Gasteiger partial charge >= 0.3 is 0 Å². The summed E-state index contributed by atoms with van der Waals surface area (Å²) in [4.78, 5) is 17.3. The number of hydrogen-bond donors (Lipinski definition) is 1. The summed E-state index contributed by atoms with van der Waals surface area (Å²) in [5.41, 5.74) is 11.5. The van der Waals surface area contributed by atoms with E-state index < -0.39 is 0 Å². The topological polar surface area (TPSA) is 46.3 Å². The van der Waals surface area contributed by atoms with Gasteiger partial charge in [0.1, 0.15) is 0 Å². The quantitative estimate of drug-likeness (QED) is 0.445. The minimum Gasteiger partial charge on any atom is -0.390 e. The normalized spacial score (nSPS) is 14.0. The first-order chi connectivity index (χ1) is 14.6. The van der Waals surface area contributed by atoms with Crippen molar-refractivity contribution in [3.63, 3.8) is 0 Å². The van der Waals surface area contributed by atoms with Gasteiger partial charge in [0, 0.05) is 30.1 Å². The van der Waals surface area contributed by atoms with Gasteiger partial charge in [0.25, 0.3) is 0 Å². The second-order valence-electron chi connectivity index (χ2n) is 7.99. The van der Waals surface area contributed by atoms with Crippen molar-refractivity contribution in [2.45, 2.75) is 26.4 Å². The maximum atomic E-state index is 13.6. The number of thiophene rings is 1. The number of carbonyl (C=O) groups excluding carboxylic acids is 1. The van der Waals surface area contributed by atoms with E-state index >= 15 is 0 Å². The highest BCUT2D eigenvalue weighted by Crippen LogP contribution is 2.38. The van der Waals surface area contributed by atoms with E-state index in [1.165, 1.54) is 16.0 Å². The summed E-state index contributed by atoms with van der Waals surface area (Å²) in [5, 5.41) is 2.78. The Hall–Kier alpha value is -2.95. The molecule has 0 bridgehead atoms. The van der Waals surface area contributed by atoms with Crippen LogP contribution in [0, 0.1) is 6.92 Å². The number of aryl methyl sites for hydroxylation is 1. The fraction of sp³-hybridized carbons (Fsp3) is 0.192. The van der Waals surface area contributed by atoms with Crippen LogP contribution >= 0.6 is 11.3 Å². The summed E-state index contributed by atoms with van der Waals surface area (Å²) in [6.07, 6.45) is 0.862. The fourth-order valence-electron chi connectivity index (χ4n) is 4.49. The molecule has 1 aliphatic heterocycles. The van der Waals surface area contributed by atoms with Crippen LogP contribution in [0.4, 0.5) is 5.00 Å². The zero-order valence-electron chi connectivity index (χ0n) is 17.0. The molecular weight excluding hydrogens is 388 g/mol. The van der Waals surface area contributed by atoms with Crippen molar-refractivity contribution in [3.8, 4) is 0 Å². The zero-order valence-corrected chi connectivity index (χ0v) is 17.8. The average Bonchev–Trinajstić information content (AvgIpc) is 3.09. The molecule has 3 aromatic carbocycles. The highest BCUT2D eigenvalue weighted by atomic mass is 32.1.